The van der Waals surface area contributed by atoms with Gasteiger partial charge in [-0.05, 0) is 12.8 Å². The number of hydrogen-bond acceptors (Lipinski definition) is 6. The molecule has 2 aromatic rings. The number of aromatic nitrogens is 4. The Morgan fingerprint density at radius 2 is 2.22 bits per heavy atom. The van der Waals surface area contributed by atoms with Crippen LogP contribution >= 0.6 is 11.3 Å². The minimum Gasteiger partial charge on any atom is -0.245 e. The molecule has 0 unspecified atom stereocenters. The number of nitrogens with zero attached hydrogens (tertiary/aromatic N) is 4. The van der Waals surface area contributed by atoms with E-state index < -0.39 is 9.84 Å². The van der Waals surface area contributed by atoms with Crippen LogP contribution in [0.4, 0.5) is 0 Å². The lowest BCUT2D eigenvalue weighted by atomic mass is 10.3. The van der Waals surface area contributed by atoms with Gasteiger partial charge < -0.3 is 0 Å². The molecule has 0 spiro atoms. The highest BCUT2D eigenvalue weighted by atomic mass is 32.2. The van der Waals surface area contributed by atoms with Crippen LogP contribution in [-0.4, -0.2) is 28.2 Å². The van der Waals surface area contributed by atoms with E-state index in [0.29, 0.717) is 5.69 Å². The minimum absolute atomic E-state index is 0.0208. The van der Waals surface area contributed by atoms with Crippen LogP contribution in [0.1, 0.15) is 24.0 Å². The van der Waals surface area contributed by atoms with Gasteiger partial charge in [-0.25, -0.2) is 23.1 Å². The van der Waals surface area contributed by atoms with Crippen LogP contribution < -0.4 is 0 Å². The molecule has 2 rings (SSSR count). The van der Waals surface area contributed by atoms with Crippen LogP contribution in [0.3, 0.4) is 0 Å². The summed E-state index contributed by atoms with van der Waals surface area (Å²) in [5, 5.41) is 6.51. The summed E-state index contributed by atoms with van der Waals surface area (Å²) in [5.74, 6) is -0.125. The molecule has 0 saturated heterocycles. The van der Waals surface area contributed by atoms with E-state index in [4.69, 9.17) is 0 Å². The molecular formula is C10H14N4O2S2. The average Bonchev–Trinajstić information content (AvgIpc) is 2.88. The summed E-state index contributed by atoms with van der Waals surface area (Å²) in [6.07, 6.45) is 3.12. The van der Waals surface area contributed by atoms with Crippen molar-refractivity contribution in [1.82, 2.24) is 19.7 Å². The fourth-order valence-electron chi connectivity index (χ4n) is 1.57. The second-order valence-corrected chi connectivity index (χ2v) is 6.73. The van der Waals surface area contributed by atoms with E-state index in [1.807, 2.05) is 0 Å². The van der Waals surface area contributed by atoms with Crippen LogP contribution in [0.2, 0.25) is 0 Å². The Morgan fingerprint density at radius 1 is 1.44 bits per heavy atom. The van der Waals surface area contributed by atoms with Crippen LogP contribution in [-0.2, 0) is 29.1 Å². The fraction of sp³-hybridized carbons (Fsp3) is 0.500. The van der Waals surface area contributed by atoms with Gasteiger partial charge in [0.1, 0.15) is 12.1 Å². The molecule has 0 N–H and O–H groups in total. The predicted molar refractivity (Wildman–Crippen MR) is 68.0 cm³/mol. The zero-order chi connectivity index (χ0) is 13.2. The molecule has 0 atom stereocenters. The SMILES string of the molecule is CCCc1nc(CS(=O)(=O)c2ncnn2C)cs1. The highest BCUT2D eigenvalue weighted by Crippen LogP contribution is 2.17. The van der Waals surface area contributed by atoms with Crippen LogP contribution in [0.15, 0.2) is 16.9 Å². The van der Waals surface area contributed by atoms with Crippen molar-refractivity contribution in [2.24, 2.45) is 7.05 Å². The summed E-state index contributed by atoms with van der Waals surface area (Å²) in [6, 6.07) is 0. The predicted octanol–water partition coefficient (Wildman–Crippen LogP) is 1.20. The fourth-order valence-corrected chi connectivity index (χ4v) is 3.90. The van der Waals surface area contributed by atoms with Gasteiger partial charge >= 0.3 is 0 Å². The first-order valence-corrected chi connectivity index (χ1v) is 8.06. The Hall–Kier alpha value is -1.28. The topological polar surface area (TPSA) is 77.7 Å². The van der Waals surface area contributed by atoms with Crippen molar-refractivity contribution in [1.29, 1.82) is 0 Å². The third-order valence-electron chi connectivity index (χ3n) is 2.35. The molecule has 0 fully saturated rings. The summed E-state index contributed by atoms with van der Waals surface area (Å²) in [7, 11) is -1.91. The molecule has 0 amide bonds. The van der Waals surface area contributed by atoms with E-state index in [1.54, 1.807) is 12.4 Å². The molecule has 0 aliphatic heterocycles. The zero-order valence-corrected chi connectivity index (χ0v) is 11.8. The Balaban J connectivity index is 2.20. The van der Waals surface area contributed by atoms with Crippen molar-refractivity contribution < 1.29 is 8.42 Å². The molecule has 0 saturated carbocycles. The summed E-state index contributed by atoms with van der Waals surface area (Å²) >= 11 is 1.50. The highest BCUT2D eigenvalue weighted by molar-refractivity contribution is 7.90. The molecule has 2 heterocycles. The van der Waals surface area contributed by atoms with E-state index >= 15 is 0 Å². The Kier molecular flexibility index (Phi) is 3.76. The molecule has 0 aliphatic rings. The van der Waals surface area contributed by atoms with Gasteiger partial charge in [-0.15, -0.1) is 11.3 Å². The van der Waals surface area contributed by atoms with Gasteiger partial charge in [0.2, 0.25) is 15.0 Å². The van der Waals surface area contributed by atoms with Crippen molar-refractivity contribution in [3.8, 4) is 0 Å². The van der Waals surface area contributed by atoms with Crippen molar-refractivity contribution in [2.45, 2.75) is 30.7 Å². The molecule has 2 aromatic heterocycles. The van der Waals surface area contributed by atoms with Crippen LogP contribution in [0.5, 0.6) is 0 Å². The second-order valence-electron chi connectivity index (χ2n) is 3.91. The maximum atomic E-state index is 12.1. The lowest BCUT2D eigenvalue weighted by Crippen LogP contribution is -2.11. The molecule has 98 valence electrons. The van der Waals surface area contributed by atoms with E-state index in [1.165, 1.54) is 22.3 Å². The standard InChI is InChI=1S/C10H14N4O2S2/c1-3-4-9-13-8(5-17-9)6-18(15,16)10-11-7-12-14(10)2/h5,7H,3-4,6H2,1-2H3. The lowest BCUT2D eigenvalue weighted by molar-refractivity contribution is 0.568. The van der Waals surface area contributed by atoms with E-state index in [0.717, 1.165) is 17.8 Å². The van der Waals surface area contributed by atoms with Crippen molar-refractivity contribution >= 4 is 21.2 Å². The Bertz CT molecular complexity index is 630. The van der Waals surface area contributed by atoms with Crippen molar-refractivity contribution in [3.05, 3.63) is 22.4 Å². The van der Waals surface area contributed by atoms with Gasteiger partial charge in [0.25, 0.3) is 0 Å². The molecule has 0 bridgehead atoms. The number of rotatable bonds is 5. The van der Waals surface area contributed by atoms with Gasteiger partial charge in [-0.3, -0.25) is 0 Å². The van der Waals surface area contributed by atoms with Gasteiger partial charge in [-0.2, -0.15) is 5.10 Å². The Labute approximate surface area is 110 Å². The monoisotopic (exact) mass is 286 g/mol. The molecule has 0 aromatic carbocycles. The summed E-state index contributed by atoms with van der Waals surface area (Å²) < 4.78 is 25.4. The first kappa shape index (κ1) is 13.2. The van der Waals surface area contributed by atoms with Crippen molar-refractivity contribution in [3.63, 3.8) is 0 Å². The molecule has 18 heavy (non-hydrogen) atoms. The van der Waals surface area contributed by atoms with Gasteiger partial charge in [0, 0.05) is 12.4 Å². The Morgan fingerprint density at radius 3 is 2.83 bits per heavy atom. The molecule has 6 nitrogen and oxygen atoms in total. The van der Waals surface area contributed by atoms with Crippen LogP contribution in [0, 0.1) is 0 Å². The first-order chi connectivity index (χ1) is 8.53. The molecular weight excluding hydrogens is 272 g/mol. The third-order valence-corrected chi connectivity index (χ3v) is 4.91. The summed E-state index contributed by atoms with van der Waals surface area (Å²) in [4.78, 5) is 8.07. The van der Waals surface area contributed by atoms with Gasteiger partial charge in [0.15, 0.2) is 0 Å². The maximum Gasteiger partial charge on any atom is 0.245 e. The minimum atomic E-state index is -3.47. The largest absolute Gasteiger partial charge is 0.245 e. The molecule has 0 radical (unpaired) electrons. The van der Waals surface area contributed by atoms with Crippen LogP contribution in [0.25, 0.3) is 0 Å². The molecule has 0 aliphatic carbocycles. The van der Waals surface area contributed by atoms with Gasteiger partial charge in [0.05, 0.1) is 10.7 Å². The summed E-state index contributed by atoms with van der Waals surface area (Å²) in [6.45, 7) is 2.07. The van der Waals surface area contributed by atoms with E-state index in [-0.39, 0.29) is 10.9 Å². The highest BCUT2D eigenvalue weighted by Gasteiger charge is 2.22. The summed E-state index contributed by atoms with van der Waals surface area (Å²) in [5.41, 5.74) is 0.575. The first-order valence-electron chi connectivity index (χ1n) is 5.53. The van der Waals surface area contributed by atoms with Gasteiger partial charge in [-0.1, -0.05) is 6.92 Å². The number of hydrogen-bond donors (Lipinski definition) is 0. The second kappa shape index (κ2) is 5.15. The zero-order valence-electron chi connectivity index (χ0n) is 10.2. The number of thiazole rings is 1. The van der Waals surface area contributed by atoms with Crippen molar-refractivity contribution in [2.75, 3.05) is 0 Å². The number of sulfone groups is 1. The normalized spacial score (nSPS) is 11.9. The van der Waals surface area contributed by atoms with E-state index in [2.05, 4.69) is 22.0 Å². The quantitative estimate of drug-likeness (QED) is 0.825. The average molecular weight is 286 g/mol. The molecule has 8 heteroatoms. The number of aryl methyl sites for hydroxylation is 2. The third kappa shape index (κ3) is 2.75. The van der Waals surface area contributed by atoms with E-state index in [9.17, 15) is 8.42 Å². The maximum absolute atomic E-state index is 12.1. The smallest absolute Gasteiger partial charge is 0.245 e. The lowest BCUT2D eigenvalue weighted by Gasteiger charge is -2.00.